The molecule has 0 amide bonds. The molecule has 0 aliphatic carbocycles. The first-order valence-electron chi connectivity index (χ1n) is 2.68. The van der Waals surface area contributed by atoms with Gasteiger partial charge in [0.1, 0.15) is 0 Å². The van der Waals surface area contributed by atoms with Crippen LogP contribution in [0.25, 0.3) is 0 Å². The van der Waals surface area contributed by atoms with E-state index in [0.717, 1.165) is 0 Å². The molecular formula is C5H10ClN3. The molecule has 0 atom stereocenters. The van der Waals surface area contributed by atoms with E-state index < -0.39 is 0 Å². The summed E-state index contributed by atoms with van der Waals surface area (Å²) < 4.78 is 0. The van der Waals surface area contributed by atoms with Crippen molar-refractivity contribution in [3.05, 3.63) is 0 Å². The fourth-order valence-electron chi connectivity index (χ4n) is 0.306. The van der Waals surface area contributed by atoms with E-state index in [4.69, 9.17) is 17.0 Å². The van der Waals surface area contributed by atoms with Crippen LogP contribution in [-0.4, -0.2) is 25.1 Å². The molecule has 0 heterocycles. The molecule has 0 aromatic rings. The molecule has 0 aliphatic rings. The van der Waals surface area contributed by atoms with Crippen LogP contribution in [0.3, 0.4) is 0 Å². The second-order valence-corrected chi connectivity index (χ2v) is 1.77. The van der Waals surface area contributed by atoms with Crippen molar-refractivity contribution in [2.24, 2.45) is 4.99 Å². The minimum absolute atomic E-state index is 0.400. The predicted molar refractivity (Wildman–Crippen MR) is 40.6 cm³/mol. The van der Waals surface area contributed by atoms with Crippen LogP contribution in [-0.2, 0) is 0 Å². The molecule has 0 aromatic heterocycles. The lowest BCUT2D eigenvalue weighted by Gasteiger charge is -1.92. The molecule has 0 aliphatic heterocycles. The highest BCUT2D eigenvalue weighted by Gasteiger charge is 1.83. The highest BCUT2D eigenvalue weighted by atomic mass is 35.5. The summed E-state index contributed by atoms with van der Waals surface area (Å²) in [5.41, 5.74) is 0. The van der Waals surface area contributed by atoms with Gasteiger partial charge in [-0.2, -0.15) is 0 Å². The van der Waals surface area contributed by atoms with Gasteiger partial charge in [-0.1, -0.05) is 0 Å². The Kier molecular flexibility index (Phi) is 5.21. The van der Waals surface area contributed by atoms with E-state index in [-0.39, 0.29) is 0 Å². The fourth-order valence-corrected chi connectivity index (χ4v) is 0.391. The first-order valence-corrected chi connectivity index (χ1v) is 3.05. The van der Waals surface area contributed by atoms with E-state index in [1.54, 1.807) is 7.05 Å². The van der Waals surface area contributed by atoms with Crippen molar-refractivity contribution in [2.75, 3.05) is 13.6 Å². The second kappa shape index (κ2) is 5.56. The maximum absolute atomic E-state index is 6.65. The first-order chi connectivity index (χ1) is 4.31. The lowest BCUT2D eigenvalue weighted by molar-refractivity contribution is 1.03. The summed E-state index contributed by atoms with van der Waals surface area (Å²) in [6, 6.07) is 0. The Morgan fingerprint density at radius 3 is 3.00 bits per heavy atom. The Labute approximate surface area is 59.6 Å². The van der Waals surface area contributed by atoms with Crippen molar-refractivity contribution in [2.45, 2.75) is 6.42 Å². The molecule has 0 radical (unpaired) electrons. The molecule has 0 bridgehead atoms. The van der Waals surface area contributed by atoms with Crippen molar-refractivity contribution in [1.29, 1.82) is 5.41 Å². The highest BCUT2D eigenvalue weighted by molar-refractivity contribution is 6.64. The van der Waals surface area contributed by atoms with E-state index in [1.165, 1.54) is 6.21 Å². The topological polar surface area (TPSA) is 48.2 Å². The quantitative estimate of drug-likeness (QED) is 0.264. The van der Waals surface area contributed by atoms with Crippen LogP contribution in [0, 0.1) is 5.41 Å². The molecular weight excluding hydrogens is 138 g/mol. The van der Waals surface area contributed by atoms with Crippen LogP contribution >= 0.6 is 11.6 Å². The Morgan fingerprint density at radius 1 is 1.89 bits per heavy atom. The third-order valence-electron chi connectivity index (χ3n) is 0.730. The van der Waals surface area contributed by atoms with Crippen molar-refractivity contribution in [3.8, 4) is 0 Å². The van der Waals surface area contributed by atoms with Crippen LogP contribution < -0.4 is 5.32 Å². The fraction of sp³-hybridized carbons (Fsp3) is 0.600. The molecule has 52 valence electrons. The van der Waals surface area contributed by atoms with Gasteiger partial charge in [-0.3, -0.25) is 4.99 Å². The van der Waals surface area contributed by atoms with E-state index in [1.807, 2.05) is 0 Å². The van der Waals surface area contributed by atoms with Gasteiger partial charge in [0.15, 0.2) is 5.29 Å². The van der Waals surface area contributed by atoms with Gasteiger partial charge in [0.2, 0.25) is 0 Å². The largest absolute Gasteiger partial charge is 0.364 e. The molecule has 0 saturated carbocycles. The van der Waals surface area contributed by atoms with Crippen molar-refractivity contribution >= 4 is 23.1 Å². The standard InChI is InChI=1S/C5H10ClN3/c1-8-5(6)9-4-2-3-7/h3,7H,2,4H2,1H3,(H,8,9). The molecule has 4 heteroatoms. The Bertz CT molecular complexity index is 111. The molecule has 3 nitrogen and oxygen atoms in total. The maximum Gasteiger partial charge on any atom is 0.190 e. The number of nitrogens with zero attached hydrogens (tertiary/aromatic N) is 1. The number of hydrogen-bond donors (Lipinski definition) is 2. The van der Waals surface area contributed by atoms with Gasteiger partial charge in [0.25, 0.3) is 0 Å². The number of halogens is 1. The van der Waals surface area contributed by atoms with Gasteiger partial charge >= 0.3 is 0 Å². The normalized spacial score (nSPS) is 11.1. The average molecular weight is 148 g/mol. The zero-order valence-corrected chi connectivity index (χ0v) is 6.07. The molecule has 0 aromatic carbocycles. The molecule has 0 spiro atoms. The van der Waals surface area contributed by atoms with E-state index in [9.17, 15) is 0 Å². The molecule has 0 saturated heterocycles. The minimum atomic E-state index is 0.400. The molecule has 9 heavy (non-hydrogen) atoms. The molecule has 0 unspecified atom stereocenters. The van der Waals surface area contributed by atoms with E-state index >= 15 is 0 Å². The van der Waals surface area contributed by atoms with Crippen LogP contribution in [0.1, 0.15) is 6.42 Å². The van der Waals surface area contributed by atoms with E-state index in [2.05, 4.69) is 10.3 Å². The summed E-state index contributed by atoms with van der Waals surface area (Å²) in [6.07, 6.45) is 1.96. The lowest BCUT2D eigenvalue weighted by atomic mass is 10.5. The summed E-state index contributed by atoms with van der Waals surface area (Å²) in [5.74, 6) is 0. The smallest absolute Gasteiger partial charge is 0.190 e. The highest BCUT2D eigenvalue weighted by Crippen LogP contribution is 1.81. The third kappa shape index (κ3) is 5.30. The van der Waals surface area contributed by atoms with Gasteiger partial charge < -0.3 is 10.7 Å². The lowest BCUT2D eigenvalue weighted by Crippen LogP contribution is -2.11. The van der Waals surface area contributed by atoms with E-state index in [0.29, 0.717) is 18.3 Å². The number of aliphatic imine (C=N–C) groups is 1. The summed E-state index contributed by atoms with van der Waals surface area (Å²) in [6.45, 7) is 0.586. The monoisotopic (exact) mass is 147 g/mol. The summed E-state index contributed by atoms with van der Waals surface area (Å²) in [5, 5.41) is 9.71. The molecule has 0 fully saturated rings. The molecule has 2 N–H and O–H groups in total. The van der Waals surface area contributed by atoms with Crippen LogP contribution in [0.4, 0.5) is 0 Å². The second-order valence-electron chi connectivity index (χ2n) is 1.42. The maximum atomic E-state index is 6.65. The minimum Gasteiger partial charge on any atom is -0.364 e. The summed E-state index contributed by atoms with van der Waals surface area (Å²) >= 11 is 5.46. The van der Waals surface area contributed by atoms with Crippen molar-refractivity contribution in [3.63, 3.8) is 0 Å². The number of hydrogen-bond acceptors (Lipinski definition) is 2. The predicted octanol–water partition coefficient (Wildman–Crippen LogP) is 0.840. The molecule has 0 rings (SSSR count). The third-order valence-corrected chi connectivity index (χ3v) is 1.04. The first kappa shape index (κ1) is 8.43. The van der Waals surface area contributed by atoms with Gasteiger partial charge in [-0.25, -0.2) is 0 Å². The Hall–Kier alpha value is -0.570. The number of rotatable bonds is 3. The summed E-state index contributed by atoms with van der Waals surface area (Å²) in [4.78, 5) is 3.85. The van der Waals surface area contributed by atoms with Gasteiger partial charge in [-0.15, -0.1) is 0 Å². The zero-order valence-electron chi connectivity index (χ0n) is 5.32. The van der Waals surface area contributed by atoms with Crippen LogP contribution in [0.15, 0.2) is 4.99 Å². The van der Waals surface area contributed by atoms with Gasteiger partial charge in [0, 0.05) is 20.0 Å². The van der Waals surface area contributed by atoms with Gasteiger partial charge in [0.05, 0.1) is 0 Å². The van der Waals surface area contributed by atoms with Crippen LogP contribution in [0.2, 0.25) is 0 Å². The van der Waals surface area contributed by atoms with Gasteiger partial charge in [-0.05, 0) is 17.8 Å². The summed E-state index contributed by atoms with van der Waals surface area (Å²) in [7, 11) is 1.70. The average Bonchev–Trinajstić information content (AvgIpc) is 1.89. The van der Waals surface area contributed by atoms with Crippen molar-refractivity contribution < 1.29 is 0 Å². The Morgan fingerprint density at radius 2 is 2.56 bits per heavy atom. The van der Waals surface area contributed by atoms with Crippen molar-refractivity contribution in [1.82, 2.24) is 5.32 Å². The van der Waals surface area contributed by atoms with Crippen LogP contribution in [0.5, 0.6) is 0 Å². The Balaban J connectivity index is 3.31. The number of nitrogens with one attached hydrogen (secondary N) is 2. The number of amidine groups is 1. The zero-order chi connectivity index (χ0) is 7.11. The SMILES string of the molecule is CN/C(Cl)=N\CCC=N.